The SMILES string of the molecule is Cc1ccc(-n2nc(C(=O)Nc3cccc(C)c3C)nc2-c2ccc(Cl)cc2)cc1Cl. The Morgan fingerprint density at radius 3 is 2.39 bits per heavy atom. The number of carbonyl (C=O) groups excluding carboxylic acids is 1. The Kier molecular flexibility index (Phi) is 5.81. The number of rotatable bonds is 4. The van der Waals surface area contributed by atoms with Crippen LogP contribution in [0.15, 0.2) is 60.7 Å². The highest BCUT2D eigenvalue weighted by Crippen LogP contribution is 2.26. The maximum atomic E-state index is 13.0. The number of benzene rings is 3. The van der Waals surface area contributed by atoms with Gasteiger partial charge in [0, 0.05) is 21.3 Å². The maximum Gasteiger partial charge on any atom is 0.295 e. The first-order valence-electron chi connectivity index (χ1n) is 9.70. The van der Waals surface area contributed by atoms with Crippen LogP contribution in [0.3, 0.4) is 0 Å². The van der Waals surface area contributed by atoms with Gasteiger partial charge in [-0.15, -0.1) is 5.10 Å². The van der Waals surface area contributed by atoms with Gasteiger partial charge in [-0.05, 0) is 79.9 Å². The summed E-state index contributed by atoms with van der Waals surface area (Å²) in [4.78, 5) is 17.5. The van der Waals surface area contributed by atoms with Gasteiger partial charge < -0.3 is 5.32 Å². The molecular formula is C24H20Cl2N4O. The Balaban J connectivity index is 1.78. The number of aryl methyl sites for hydroxylation is 2. The Hall–Kier alpha value is -3.15. The molecule has 0 aliphatic heterocycles. The van der Waals surface area contributed by atoms with Crippen molar-refractivity contribution in [2.24, 2.45) is 0 Å². The van der Waals surface area contributed by atoms with Crippen molar-refractivity contribution >= 4 is 34.8 Å². The van der Waals surface area contributed by atoms with E-state index in [0.717, 1.165) is 27.9 Å². The van der Waals surface area contributed by atoms with Crippen LogP contribution in [-0.4, -0.2) is 20.7 Å². The van der Waals surface area contributed by atoms with Crippen molar-refractivity contribution in [2.75, 3.05) is 5.32 Å². The molecule has 0 atom stereocenters. The third-order valence-electron chi connectivity index (χ3n) is 5.17. The van der Waals surface area contributed by atoms with Gasteiger partial charge in [-0.2, -0.15) is 0 Å². The number of hydrogen-bond acceptors (Lipinski definition) is 3. The number of anilines is 1. The predicted molar refractivity (Wildman–Crippen MR) is 125 cm³/mol. The summed E-state index contributed by atoms with van der Waals surface area (Å²) >= 11 is 12.4. The molecule has 0 spiro atoms. The third kappa shape index (κ3) is 4.33. The molecule has 0 aliphatic rings. The van der Waals surface area contributed by atoms with Gasteiger partial charge in [-0.3, -0.25) is 4.79 Å². The van der Waals surface area contributed by atoms with Crippen LogP contribution in [-0.2, 0) is 0 Å². The number of aromatic nitrogens is 3. The monoisotopic (exact) mass is 450 g/mol. The largest absolute Gasteiger partial charge is 0.319 e. The van der Waals surface area contributed by atoms with Crippen molar-refractivity contribution < 1.29 is 4.79 Å². The lowest BCUT2D eigenvalue weighted by Crippen LogP contribution is -2.15. The first kappa shape index (κ1) is 21.1. The molecular weight excluding hydrogens is 431 g/mol. The highest BCUT2D eigenvalue weighted by atomic mass is 35.5. The van der Waals surface area contributed by atoms with Gasteiger partial charge in [-0.1, -0.05) is 41.4 Å². The summed E-state index contributed by atoms with van der Waals surface area (Å²) in [5, 5.41) is 8.64. The summed E-state index contributed by atoms with van der Waals surface area (Å²) in [5.41, 5.74) is 5.25. The molecule has 0 aliphatic carbocycles. The smallest absolute Gasteiger partial charge is 0.295 e. The van der Waals surface area contributed by atoms with Gasteiger partial charge in [0.15, 0.2) is 5.82 Å². The van der Waals surface area contributed by atoms with Crippen molar-refractivity contribution in [1.29, 1.82) is 0 Å². The van der Waals surface area contributed by atoms with Crippen molar-refractivity contribution in [3.63, 3.8) is 0 Å². The molecule has 156 valence electrons. The van der Waals surface area contributed by atoms with Crippen molar-refractivity contribution in [3.05, 3.63) is 93.2 Å². The van der Waals surface area contributed by atoms with Crippen molar-refractivity contribution in [1.82, 2.24) is 14.8 Å². The van der Waals surface area contributed by atoms with E-state index in [1.54, 1.807) is 22.9 Å². The number of nitrogens with one attached hydrogen (secondary N) is 1. The van der Waals surface area contributed by atoms with E-state index in [9.17, 15) is 4.79 Å². The fraction of sp³-hybridized carbons (Fsp3) is 0.125. The van der Waals surface area contributed by atoms with E-state index in [0.29, 0.717) is 21.6 Å². The van der Waals surface area contributed by atoms with E-state index in [2.05, 4.69) is 15.4 Å². The van der Waals surface area contributed by atoms with E-state index < -0.39 is 0 Å². The molecule has 1 heterocycles. The number of halogens is 2. The second-order valence-corrected chi connectivity index (χ2v) is 8.16. The molecule has 5 nitrogen and oxygen atoms in total. The number of nitrogens with zero attached hydrogens (tertiary/aromatic N) is 3. The minimum absolute atomic E-state index is 0.0579. The zero-order valence-electron chi connectivity index (χ0n) is 17.3. The molecule has 0 unspecified atom stereocenters. The van der Waals surface area contributed by atoms with Crippen LogP contribution in [0.5, 0.6) is 0 Å². The standard InChI is InChI=1S/C24H20Cl2N4O/c1-14-5-4-6-21(16(14)3)27-24(31)22-28-23(17-8-10-18(25)11-9-17)30(29-22)19-12-7-15(2)20(26)13-19/h4-13H,1-3H3,(H,27,31). The molecule has 3 aromatic carbocycles. The normalized spacial score (nSPS) is 10.9. The molecule has 7 heteroatoms. The van der Waals surface area contributed by atoms with Gasteiger partial charge in [0.25, 0.3) is 5.91 Å². The average Bonchev–Trinajstić information content (AvgIpc) is 3.19. The summed E-state index contributed by atoms with van der Waals surface area (Å²) in [7, 11) is 0. The zero-order chi connectivity index (χ0) is 22.1. The minimum Gasteiger partial charge on any atom is -0.319 e. The summed E-state index contributed by atoms with van der Waals surface area (Å²) in [6, 6.07) is 18.6. The van der Waals surface area contributed by atoms with Gasteiger partial charge in [0.1, 0.15) is 0 Å². The number of carbonyl (C=O) groups is 1. The minimum atomic E-state index is -0.388. The Labute approximate surface area is 190 Å². The van der Waals surface area contributed by atoms with Crippen LogP contribution in [0, 0.1) is 20.8 Å². The molecule has 0 saturated heterocycles. The molecule has 1 N–H and O–H groups in total. The van der Waals surface area contributed by atoms with Crippen LogP contribution < -0.4 is 5.32 Å². The van der Waals surface area contributed by atoms with Crippen LogP contribution in [0.4, 0.5) is 5.69 Å². The summed E-state index contributed by atoms with van der Waals surface area (Å²) in [6.45, 7) is 5.89. The average molecular weight is 451 g/mol. The fourth-order valence-corrected chi connectivity index (χ4v) is 3.45. The van der Waals surface area contributed by atoms with Crippen molar-refractivity contribution in [2.45, 2.75) is 20.8 Å². The van der Waals surface area contributed by atoms with Gasteiger partial charge in [-0.25, -0.2) is 9.67 Å². The molecule has 0 saturated carbocycles. The Morgan fingerprint density at radius 2 is 1.68 bits per heavy atom. The molecule has 1 aromatic heterocycles. The molecule has 0 radical (unpaired) electrons. The quantitative estimate of drug-likeness (QED) is 0.390. The summed E-state index contributed by atoms with van der Waals surface area (Å²) in [5.74, 6) is 0.186. The lowest BCUT2D eigenvalue weighted by molar-refractivity contribution is 0.101. The molecule has 0 bridgehead atoms. The van der Waals surface area contributed by atoms with E-state index >= 15 is 0 Å². The van der Waals surface area contributed by atoms with Gasteiger partial charge in [0.05, 0.1) is 5.69 Å². The van der Waals surface area contributed by atoms with E-state index in [1.165, 1.54) is 0 Å². The molecule has 4 aromatic rings. The summed E-state index contributed by atoms with van der Waals surface area (Å²) in [6.07, 6.45) is 0. The lowest BCUT2D eigenvalue weighted by atomic mass is 10.1. The predicted octanol–water partition coefficient (Wildman–Crippen LogP) is 6.42. The fourth-order valence-electron chi connectivity index (χ4n) is 3.15. The second kappa shape index (κ2) is 8.53. The lowest BCUT2D eigenvalue weighted by Gasteiger charge is -2.08. The molecule has 31 heavy (non-hydrogen) atoms. The van der Waals surface area contributed by atoms with Crippen LogP contribution in [0.25, 0.3) is 17.1 Å². The van der Waals surface area contributed by atoms with Crippen LogP contribution >= 0.6 is 23.2 Å². The van der Waals surface area contributed by atoms with Crippen molar-refractivity contribution in [3.8, 4) is 17.1 Å². The number of hydrogen-bond donors (Lipinski definition) is 1. The Bertz CT molecular complexity index is 1280. The highest BCUT2D eigenvalue weighted by molar-refractivity contribution is 6.31. The topological polar surface area (TPSA) is 59.8 Å². The van der Waals surface area contributed by atoms with Crippen LogP contribution in [0.2, 0.25) is 10.0 Å². The summed E-state index contributed by atoms with van der Waals surface area (Å²) < 4.78 is 1.62. The zero-order valence-corrected chi connectivity index (χ0v) is 18.8. The van der Waals surface area contributed by atoms with Gasteiger partial charge in [0.2, 0.25) is 5.82 Å². The maximum absolute atomic E-state index is 13.0. The first-order chi connectivity index (χ1) is 14.8. The number of amides is 1. The first-order valence-corrected chi connectivity index (χ1v) is 10.5. The Morgan fingerprint density at radius 1 is 0.935 bits per heavy atom. The second-order valence-electron chi connectivity index (χ2n) is 7.31. The van der Waals surface area contributed by atoms with Gasteiger partial charge >= 0.3 is 0 Å². The van der Waals surface area contributed by atoms with E-state index in [-0.39, 0.29) is 11.7 Å². The molecule has 0 fully saturated rings. The van der Waals surface area contributed by atoms with E-state index in [1.807, 2.05) is 63.2 Å². The molecule has 1 amide bonds. The molecule has 4 rings (SSSR count). The van der Waals surface area contributed by atoms with E-state index in [4.69, 9.17) is 23.2 Å². The van der Waals surface area contributed by atoms with Crippen LogP contribution in [0.1, 0.15) is 27.3 Å². The third-order valence-corrected chi connectivity index (χ3v) is 5.82. The highest BCUT2D eigenvalue weighted by Gasteiger charge is 2.20.